The molecular weight excluding hydrogens is 244 g/mol. The van der Waals surface area contributed by atoms with Crippen LogP contribution in [0.3, 0.4) is 0 Å². The monoisotopic (exact) mass is 270 g/mol. The SMILES string of the molecule is C=CC(=O)O.C=CC(=O)O.CC1CCCCC1(C)C. The van der Waals surface area contributed by atoms with Crippen LogP contribution in [0.5, 0.6) is 0 Å². The molecule has 2 N–H and O–H groups in total. The van der Waals surface area contributed by atoms with E-state index in [0.29, 0.717) is 5.41 Å². The number of carboxylic acids is 2. The van der Waals surface area contributed by atoms with Crippen LogP contribution < -0.4 is 0 Å². The summed E-state index contributed by atoms with van der Waals surface area (Å²) >= 11 is 0. The maximum atomic E-state index is 9.25. The first-order chi connectivity index (χ1) is 8.67. The van der Waals surface area contributed by atoms with Crippen molar-refractivity contribution in [3.8, 4) is 0 Å². The Morgan fingerprint density at radius 1 is 1.11 bits per heavy atom. The third-order valence-corrected chi connectivity index (χ3v) is 3.39. The zero-order valence-corrected chi connectivity index (χ0v) is 12.2. The Kier molecular flexibility index (Phi) is 10.8. The van der Waals surface area contributed by atoms with Crippen molar-refractivity contribution in [1.82, 2.24) is 0 Å². The second-order valence-electron chi connectivity index (χ2n) is 5.22. The summed E-state index contributed by atoms with van der Waals surface area (Å²) in [5, 5.41) is 15.2. The van der Waals surface area contributed by atoms with E-state index in [1.807, 2.05) is 0 Å². The summed E-state index contributed by atoms with van der Waals surface area (Å²) in [5.74, 6) is -1.01. The Balaban J connectivity index is 0. The molecule has 4 heteroatoms. The minimum atomic E-state index is -0.981. The predicted octanol–water partition coefficient (Wildman–Crippen LogP) is 3.74. The maximum Gasteiger partial charge on any atom is 0.327 e. The standard InChI is InChI=1S/C9H18.2C3H4O2/c1-8-6-4-5-7-9(8,2)3;2*1-2-3(4)5/h8H,4-7H2,1-3H3;2*2H,1H2,(H,4,5). The Morgan fingerprint density at radius 2 is 1.47 bits per heavy atom. The molecule has 0 aromatic rings. The molecule has 0 saturated heterocycles. The summed E-state index contributed by atoms with van der Waals surface area (Å²) in [6, 6.07) is 0. The normalized spacial score (nSPS) is 19.6. The number of aliphatic carboxylic acids is 2. The second kappa shape index (κ2) is 10.4. The van der Waals surface area contributed by atoms with Gasteiger partial charge in [0.25, 0.3) is 0 Å². The number of hydrogen-bond acceptors (Lipinski definition) is 2. The molecule has 1 saturated carbocycles. The first-order valence-electron chi connectivity index (χ1n) is 6.38. The van der Waals surface area contributed by atoms with Crippen molar-refractivity contribution >= 4 is 11.9 Å². The lowest BCUT2D eigenvalue weighted by Crippen LogP contribution is -2.24. The van der Waals surface area contributed by atoms with E-state index in [0.717, 1.165) is 18.1 Å². The fourth-order valence-electron chi connectivity index (χ4n) is 1.67. The molecular formula is C15H26O4. The van der Waals surface area contributed by atoms with Crippen LogP contribution in [-0.4, -0.2) is 22.2 Å². The molecule has 19 heavy (non-hydrogen) atoms. The van der Waals surface area contributed by atoms with Gasteiger partial charge in [-0.05, 0) is 17.8 Å². The van der Waals surface area contributed by atoms with Gasteiger partial charge in [0.2, 0.25) is 0 Å². The number of carbonyl (C=O) groups is 2. The summed E-state index contributed by atoms with van der Waals surface area (Å²) in [6.45, 7) is 13.1. The lowest BCUT2D eigenvalue weighted by molar-refractivity contribution is -0.132. The quantitative estimate of drug-likeness (QED) is 0.750. The lowest BCUT2D eigenvalue weighted by atomic mass is 9.70. The van der Waals surface area contributed by atoms with Gasteiger partial charge >= 0.3 is 11.9 Å². The molecule has 1 aliphatic carbocycles. The van der Waals surface area contributed by atoms with Crippen molar-refractivity contribution in [1.29, 1.82) is 0 Å². The predicted molar refractivity (Wildman–Crippen MR) is 77.1 cm³/mol. The zero-order chi connectivity index (χ0) is 15.5. The molecule has 1 atom stereocenters. The Hall–Kier alpha value is -1.58. The molecule has 4 nitrogen and oxygen atoms in total. The van der Waals surface area contributed by atoms with E-state index in [1.54, 1.807) is 0 Å². The van der Waals surface area contributed by atoms with Crippen molar-refractivity contribution in [3.05, 3.63) is 25.3 Å². The van der Waals surface area contributed by atoms with Gasteiger partial charge in [-0.1, -0.05) is 53.2 Å². The Morgan fingerprint density at radius 3 is 1.63 bits per heavy atom. The Bertz CT molecular complexity index is 287. The summed E-state index contributed by atoms with van der Waals surface area (Å²) in [7, 11) is 0. The van der Waals surface area contributed by atoms with E-state index in [-0.39, 0.29) is 0 Å². The number of carboxylic acid groups (broad SMARTS) is 2. The van der Waals surface area contributed by atoms with Crippen LogP contribution in [0.25, 0.3) is 0 Å². The van der Waals surface area contributed by atoms with Crippen LogP contribution >= 0.6 is 0 Å². The molecule has 0 spiro atoms. The molecule has 1 unspecified atom stereocenters. The third-order valence-electron chi connectivity index (χ3n) is 3.39. The van der Waals surface area contributed by atoms with Gasteiger partial charge in [0, 0.05) is 12.2 Å². The maximum absolute atomic E-state index is 9.25. The zero-order valence-electron chi connectivity index (χ0n) is 12.2. The van der Waals surface area contributed by atoms with Gasteiger partial charge in [-0.25, -0.2) is 9.59 Å². The second-order valence-corrected chi connectivity index (χ2v) is 5.22. The molecule has 0 bridgehead atoms. The van der Waals surface area contributed by atoms with Crippen LogP contribution in [0.1, 0.15) is 46.5 Å². The van der Waals surface area contributed by atoms with Crippen molar-refractivity contribution in [2.75, 3.05) is 0 Å². The summed E-state index contributed by atoms with van der Waals surface area (Å²) < 4.78 is 0. The van der Waals surface area contributed by atoms with E-state index in [2.05, 4.69) is 33.9 Å². The summed E-state index contributed by atoms with van der Waals surface area (Å²) in [6.07, 6.45) is 7.48. The van der Waals surface area contributed by atoms with E-state index in [4.69, 9.17) is 10.2 Å². The van der Waals surface area contributed by atoms with Crippen molar-refractivity contribution < 1.29 is 19.8 Å². The van der Waals surface area contributed by atoms with Gasteiger partial charge in [-0.15, -0.1) is 0 Å². The third kappa shape index (κ3) is 12.7. The molecule has 110 valence electrons. The largest absolute Gasteiger partial charge is 0.478 e. The smallest absolute Gasteiger partial charge is 0.327 e. The van der Waals surface area contributed by atoms with Crippen LogP contribution in [-0.2, 0) is 9.59 Å². The summed E-state index contributed by atoms with van der Waals surface area (Å²) in [4.78, 5) is 18.5. The topological polar surface area (TPSA) is 74.6 Å². The van der Waals surface area contributed by atoms with Crippen molar-refractivity contribution in [3.63, 3.8) is 0 Å². The number of hydrogen-bond donors (Lipinski definition) is 2. The van der Waals surface area contributed by atoms with Gasteiger partial charge < -0.3 is 10.2 Å². The van der Waals surface area contributed by atoms with Crippen molar-refractivity contribution in [2.45, 2.75) is 46.5 Å². The lowest BCUT2D eigenvalue weighted by Gasteiger charge is -2.36. The van der Waals surface area contributed by atoms with E-state index in [9.17, 15) is 9.59 Å². The fraction of sp³-hybridized carbons (Fsp3) is 0.600. The van der Waals surface area contributed by atoms with Gasteiger partial charge in [-0.2, -0.15) is 0 Å². The molecule has 0 radical (unpaired) electrons. The van der Waals surface area contributed by atoms with Gasteiger partial charge in [0.05, 0.1) is 0 Å². The molecule has 0 aromatic heterocycles. The Labute approximate surface area is 115 Å². The molecule has 0 heterocycles. The van der Waals surface area contributed by atoms with E-state index in [1.165, 1.54) is 25.7 Å². The van der Waals surface area contributed by atoms with Gasteiger partial charge in [0.1, 0.15) is 0 Å². The molecule has 1 aliphatic rings. The molecule has 0 aliphatic heterocycles. The molecule has 0 aromatic carbocycles. The van der Waals surface area contributed by atoms with Gasteiger partial charge in [-0.3, -0.25) is 0 Å². The summed E-state index contributed by atoms with van der Waals surface area (Å²) in [5.41, 5.74) is 0.637. The minimum Gasteiger partial charge on any atom is -0.478 e. The highest BCUT2D eigenvalue weighted by molar-refractivity contribution is 5.79. The van der Waals surface area contributed by atoms with Crippen molar-refractivity contribution in [2.24, 2.45) is 11.3 Å². The molecule has 1 rings (SSSR count). The molecule has 0 amide bonds. The average molecular weight is 270 g/mol. The van der Waals surface area contributed by atoms with Crippen LogP contribution in [0, 0.1) is 11.3 Å². The average Bonchev–Trinajstić information content (AvgIpc) is 2.34. The fourth-order valence-corrected chi connectivity index (χ4v) is 1.67. The first kappa shape index (κ1) is 19.8. The highest BCUT2D eigenvalue weighted by atomic mass is 16.4. The minimum absolute atomic E-state index is 0.637. The first-order valence-corrected chi connectivity index (χ1v) is 6.38. The van der Waals surface area contributed by atoms with Crippen LogP contribution in [0.2, 0.25) is 0 Å². The van der Waals surface area contributed by atoms with Crippen LogP contribution in [0.4, 0.5) is 0 Å². The molecule has 1 fully saturated rings. The van der Waals surface area contributed by atoms with E-state index >= 15 is 0 Å². The van der Waals surface area contributed by atoms with Crippen LogP contribution in [0.15, 0.2) is 25.3 Å². The van der Waals surface area contributed by atoms with Gasteiger partial charge in [0.15, 0.2) is 0 Å². The number of rotatable bonds is 2. The highest BCUT2D eigenvalue weighted by Gasteiger charge is 2.27. The van der Waals surface area contributed by atoms with E-state index < -0.39 is 11.9 Å². The highest BCUT2D eigenvalue weighted by Crippen LogP contribution is 2.39.